The number of hydrogen-bond acceptors (Lipinski definition) is 4. The summed E-state index contributed by atoms with van der Waals surface area (Å²) >= 11 is 0. The van der Waals surface area contributed by atoms with Gasteiger partial charge in [0, 0.05) is 18.1 Å². The Balaban J connectivity index is 1.56. The number of esters is 1. The quantitative estimate of drug-likeness (QED) is 0.377. The fourth-order valence-corrected chi connectivity index (χ4v) is 6.59. The standard InChI is InChI=1S/C25H36O4/c1-3-4-5-6-7-23(28)29-21-15-17(26)14-16-8-9-18-19(24(16)21)12-13-25(2)20(18)10-11-22(25)27/h14-15,18-20,22,26-27H,3-13H2,1-2H3/t18-,19+,20+,22-,25+/m1/s1. The van der Waals surface area contributed by atoms with E-state index in [-0.39, 0.29) is 23.2 Å². The number of phenols is 1. The number of rotatable bonds is 6. The van der Waals surface area contributed by atoms with E-state index in [1.807, 2.05) is 6.07 Å². The number of unbranched alkanes of at least 4 members (excludes halogenated alkanes) is 3. The van der Waals surface area contributed by atoms with Gasteiger partial charge in [0.25, 0.3) is 0 Å². The summed E-state index contributed by atoms with van der Waals surface area (Å²) in [5.74, 6) is 2.02. The number of ether oxygens (including phenoxy) is 1. The molecule has 0 amide bonds. The van der Waals surface area contributed by atoms with Crippen LogP contribution in [0.5, 0.6) is 11.5 Å². The van der Waals surface area contributed by atoms with Crippen LogP contribution >= 0.6 is 0 Å². The minimum absolute atomic E-state index is 0.0334. The second-order valence-electron chi connectivity index (χ2n) is 9.85. The van der Waals surface area contributed by atoms with E-state index in [0.29, 0.717) is 29.9 Å². The normalized spacial score (nSPS) is 32.9. The molecule has 0 heterocycles. The zero-order chi connectivity index (χ0) is 20.6. The molecule has 2 N–H and O–H groups in total. The number of aryl methyl sites for hydroxylation is 1. The highest BCUT2D eigenvalue weighted by Gasteiger charge is 2.54. The lowest BCUT2D eigenvalue weighted by Gasteiger charge is -2.50. The minimum atomic E-state index is -0.187. The zero-order valence-electron chi connectivity index (χ0n) is 18.0. The largest absolute Gasteiger partial charge is 0.508 e. The maximum Gasteiger partial charge on any atom is 0.311 e. The molecule has 1 aromatic rings. The van der Waals surface area contributed by atoms with Crippen LogP contribution in [-0.4, -0.2) is 22.3 Å². The van der Waals surface area contributed by atoms with Crippen LogP contribution in [0.1, 0.15) is 95.1 Å². The van der Waals surface area contributed by atoms with Crippen LogP contribution in [0.3, 0.4) is 0 Å². The van der Waals surface area contributed by atoms with E-state index in [2.05, 4.69) is 13.8 Å². The second kappa shape index (κ2) is 8.29. The summed E-state index contributed by atoms with van der Waals surface area (Å²) in [4.78, 5) is 12.5. The molecule has 4 heteroatoms. The molecule has 0 bridgehead atoms. The first kappa shape index (κ1) is 20.7. The predicted octanol–water partition coefficient (Wildman–Crippen LogP) is 5.49. The van der Waals surface area contributed by atoms with Crippen LogP contribution in [0.15, 0.2) is 12.1 Å². The van der Waals surface area contributed by atoms with Crippen LogP contribution in [0, 0.1) is 17.3 Å². The molecule has 2 saturated carbocycles. The van der Waals surface area contributed by atoms with Crippen molar-refractivity contribution in [1.29, 1.82) is 0 Å². The van der Waals surface area contributed by atoms with Crippen molar-refractivity contribution in [2.75, 3.05) is 0 Å². The van der Waals surface area contributed by atoms with Gasteiger partial charge in [-0.15, -0.1) is 0 Å². The first-order chi connectivity index (χ1) is 13.9. The molecule has 3 aliphatic rings. The van der Waals surface area contributed by atoms with Crippen molar-refractivity contribution < 1.29 is 19.7 Å². The Morgan fingerprint density at radius 1 is 1.17 bits per heavy atom. The van der Waals surface area contributed by atoms with Crippen LogP contribution in [0.2, 0.25) is 0 Å². The van der Waals surface area contributed by atoms with Gasteiger partial charge in [-0.05, 0) is 79.7 Å². The Kier molecular flexibility index (Phi) is 5.92. The van der Waals surface area contributed by atoms with Crippen LogP contribution in [0.25, 0.3) is 0 Å². The summed E-state index contributed by atoms with van der Waals surface area (Å²) in [6, 6.07) is 3.50. The summed E-state index contributed by atoms with van der Waals surface area (Å²) < 4.78 is 5.83. The fourth-order valence-electron chi connectivity index (χ4n) is 6.59. The third-order valence-electron chi connectivity index (χ3n) is 8.18. The fraction of sp³-hybridized carbons (Fsp3) is 0.720. The summed E-state index contributed by atoms with van der Waals surface area (Å²) in [5, 5.41) is 20.8. The van der Waals surface area contributed by atoms with E-state index >= 15 is 0 Å². The Morgan fingerprint density at radius 2 is 2.00 bits per heavy atom. The Labute approximate surface area is 174 Å². The molecule has 0 saturated heterocycles. The topological polar surface area (TPSA) is 66.8 Å². The van der Waals surface area contributed by atoms with Crippen molar-refractivity contribution in [2.24, 2.45) is 17.3 Å². The van der Waals surface area contributed by atoms with Gasteiger partial charge in [0.15, 0.2) is 0 Å². The number of carbonyl (C=O) groups is 1. The molecule has 0 radical (unpaired) electrons. The van der Waals surface area contributed by atoms with Crippen molar-refractivity contribution in [2.45, 2.75) is 96.5 Å². The van der Waals surface area contributed by atoms with E-state index < -0.39 is 0 Å². The number of fused-ring (bicyclic) bond motifs is 5. The third-order valence-corrected chi connectivity index (χ3v) is 8.18. The molecular weight excluding hydrogens is 364 g/mol. The van der Waals surface area contributed by atoms with Crippen LogP contribution < -0.4 is 4.74 Å². The van der Waals surface area contributed by atoms with Gasteiger partial charge in [-0.2, -0.15) is 0 Å². The van der Waals surface area contributed by atoms with Crippen molar-refractivity contribution >= 4 is 5.97 Å². The average Bonchev–Trinajstić information content (AvgIpc) is 2.99. The van der Waals surface area contributed by atoms with Gasteiger partial charge in [0.05, 0.1) is 6.10 Å². The third kappa shape index (κ3) is 3.81. The lowest BCUT2D eigenvalue weighted by Crippen LogP contribution is -2.44. The summed E-state index contributed by atoms with van der Waals surface area (Å²) in [6.45, 7) is 4.43. The first-order valence-corrected chi connectivity index (χ1v) is 11.7. The number of aliphatic hydroxyl groups is 1. The van der Waals surface area contributed by atoms with Crippen LogP contribution in [-0.2, 0) is 11.2 Å². The number of benzene rings is 1. The first-order valence-electron chi connectivity index (χ1n) is 11.7. The Morgan fingerprint density at radius 3 is 2.79 bits per heavy atom. The molecule has 29 heavy (non-hydrogen) atoms. The van der Waals surface area contributed by atoms with Gasteiger partial charge < -0.3 is 14.9 Å². The van der Waals surface area contributed by atoms with E-state index in [1.165, 1.54) is 0 Å². The van der Waals surface area contributed by atoms with Gasteiger partial charge in [-0.1, -0.05) is 33.1 Å². The molecule has 0 aliphatic heterocycles. The maximum absolute atomic E-state index is 12.5. The molecular formula is C25H36O4. The summed E-state index contributed by atoms with van der Waals surface area (Å²) in [6.07, 6.45) is 10.5. The SMILES string of the molecule is CCCCCCC(=O)Oc1cc(O)cc2c1[C@H]1CC[C@]3(C)[C@H](O)CC[C@H]3[C@@H]1CC2. The summed E-state index contributed by atoms with van der Waals surface area (Å²) in [5.41, 5.74) is 2.33. The van der Waals surface area contributed by atoms with E-state index in [0.717, 1.165) is 75.3 Å². The zero-order valence-corrected chi connectivity index (χ0v) is 18.0. The molecule has 1 aromatic carbocycles. The maximum atomic E-state index is 12.5. The molecule has 0 unspecified atom stereocenters. The minimum Gasteiger partial charge on any atom is -0.508 e. The van der Waals surface area contributed by atoms with Gasteiger partial charge in [-0.25, -0.2) is 0 Å². The molecule has 0 spiro atoms. The number of carbonyl (C=O) groups excluding carboxylic acids is 1. The van der Waals surface area contributed by atoms with Crippen molar-refractivity contribution in [3.8, 4) is 11.5 Å². The monoisotopic (exact) mass is 400 g/mol. The van der Waals surface area contributed by atoms with Gasteiger partial charge in [0.1, 0.15) is 11.5 Å². The lowest BCUT2D eigenvalue weighted by molar-refractivity contribution is -0.134. The number of aromatic hydroxyl groups is 1. The Hall–Kier alpha value is -1.55. The predicted molar refractivity (Wildman–Crippen MR) is 113 cm³/mol. The van der Waals surface area contributed by atoms with E-state index in [4.69, 9.17) is 4.74 Å². The molecule has 4 rings (SSSR count). The van der Waals surface area contributed by atoms with Crippen molar-refractivity contribution in [3.05, 3.63) is 23.3 Å². The Bertz CT molecular complexity index is 757. The second-order valence-corrected chi connectivity index (χ2v) is 9.85. The number of hydrogen-bond donors (Lipinski definition) is 2. The van der Waals surface area contributed by atoms with E-state index in [1.54, 1.807) is 6.07 Å². The molecule has 2 fully saturated rings. The van der Waals surface area contributed by atoms with Gasteiger partial charge in [0.2, 0.25) is 0 Å². The highest BCUT2D eigenvalue weighted by Crippen LogP contribution is 2.62. The van der Waals surface area contributed by atoms with Gasteiger partial charge >= 0.3 is 5.97 Å². The summed E-state index contributed by atoms with van der Waals surface area (Å²) in [7, 11) is 0. The average molecular weight is 401 g/mol. The number of aliphatic hydroxyl groups excluding tert-OH is 1. The lowest BCUT2D eigenvalue weighted by atomic mass is 9.55. The molecule has 3 aliphatic carbocycles. The van der Waals surface area contributed by atoms with Gasteiger partial charge in [-0.3, -0.25) is 4.79 Å². The van der Waals surface area contributed by atoms with E-state index in [9.17, 15) is 15.0 Å². The molecule has 160 valence electrons. The number of phenolic OH excluding ortho intramolecular Hbond substituents is 1. The van der Waals surface area contributed by atoms with Crippen molar-refractivity contribution in [1.82, 2.24) is 0 Å². The molecule has 0 aromatic heterocycles. The van der Waals surface area contributed by atoms with Crippen molar-refractivity contribution in [3.63, 3.8) is 0 Å². The smallest absolute Gasteiger partial charge is 0.311 e. The molecule has 4 nitrogen and oxygen atoms in total. The van der Waals surface area contributed by atoms with Crippen LogP contribution in [0.4, 0.5) is 0 Å². The highest BCUT2D eigenvalue weighted by atomic mass is 16.5. The highest BCUT2D eigenvalue weighted by molar-refractivity contribution is 5.73. The molecule has 5 atom stereocenters.